The zero-order chi connectivity index (χ0) is 21.8. The molecular formula is C23H19ClN2O4S. The van der Waals surface area contributed by atoms with Crippen LogP contribution in [0.5, 0.6) is 0 Å². The first-order valence-electron chi connectivity index (χ1n) is 9.73. The molecule has 0 bridgehead atoms. The highest BCUT2D eigenvalue weighted by atomic mass is 35.5. The molecule has 0 saturated carbocycles. The van der Waals surface area contributed by atoms with Crippen molar-refractivity contribution in [3.05, 3.63) is 64.5 Å². The predicted octanol–water partition coefficient (Wildman–Crippen LogP) is 4.88. The van der Waals surface area contributed by atoms with Crippen molar-refractivity contribution in [2.45, 2.75) is 12.8 Å². The van der Waals surface area contributed by atoms with Gasteiger partial charge in [0.1, 0.15) is 0 Å². The SMILES string of the molecule is O=C(COC(=O)/C=C/c1sc2ccccc2c1Cl)Nc1cccc(N2CCCC2=O)c1. The van der Waals surface area contributed by atoms with E-state index in [1.54, 1.807) is 29.2 Å². The van der Waals surface area contributed by atoms with Gasteiger partial charge in [-0.2, -0.15) is 0 Å². The fourth-order valence-electron chi connectivity index (χ4n) is 3.34. The minimum atomic E-state index is -0.639. The molecule has 4 rings (SSSR count). The summed E-state index contributed by atoms with van der Waals surface area (Å²) in [5.41, 5.74) is 1.27. The van der Waals surface area contributed by atoms with Crippen LogP contribution in [0.4, 0.5) is 11.4 Å². The topological polar surface area (TPSA) is 75.7 Å². The predicted molar refractivity (Wildman–Crippen MR) is 123 cm³/mol. The maximum Gasteiger partial charge on any atom is 0.331 e. The van der Waals surface area contributed by atoms with Crippen molar-refractivity contribution >= 4 is 68.3 Å². The Hall–Kier alpha value is -3.16. The van der Waals surface area contributed by atoms with E-state index in [9.17, 15) is 14.4 Å². The Labute approximate surface area is 188 Å². The molecular weight excluding hydrogens is 436 g/mol. The monoisotopic (exact) mass is 454 g/mol. The Morgan fingerprint density at radius 1 is 1.19 bits per heavy atom. The molecule has 31 heavy (non-hydrogen) atoms. The van der Waals surface area contributed by atoms with Crippen molar-refractivity contribution in [1.29, 1.82) is 0 Å². The smallest absolute Gasteiger partial charge is 0.331 e. The summed E-state index contributed by atoms with van der Waals surface area (Å²) in [6, 6.07) is 14.7. The molecule has 2 aromatic carbocycles. The number of esters is 1. The normalized spacial score (nSPS) is 13.8. The van der Waals surface area contributed by atoms with Crippen LogP contribution in [0.1, 0.15) is 17.7 Å². The third-order valence-electron chi connectivity index (χ3n) is 4.79. The highest BCUT2D eigenvalue weighted by molar-refractivity contribution is 7.20. The van der Waals surface area contributed by atoms with Crippen LogP contribution in [0.15, 0.2) is 54.6 Å². The zero-order valence-corrected chi connectivity index (χ0v) is 18.0. The third-order valence-corrected chi connectivity index (χ3v) is 6.45. The summed E-state index contributed by atoms with van der Waals surface area (Å²) >= 11 is 7.82. The van der Waals surface area contributed by atoms with Gasteiger partial charge in [0.15, 0.2) is 6.61 Å². The van der Waals surface area contributed by atoms with Gasteiger partial charge in [-0.15, -0.1) is 11.3 Å². The molecule has 0 aliphatic carbocycles. The molecule has 2 heterocycles. The van der Waals surface area contributed by atoms with Gasteiger partial charge in [0.25, 0.3) is 5.91 Å². The molecule has 2 amide bonds. The number of ether oxygens (including phenoxy) is 1. The first-order valence-corrected chi connectivity index (χ1v) is 10.9. The first kappa shape index (κ1) is 21.1. The average molecular weight is 455 g/mol. The van der Waals surface area contributed by atoms with E-state index in [1.807, 2.05) is 30.3 Å². The Bertz CT molecular complexity index is 1190. The van der Waals surface area contributed by atoms with Crippen LogP contribution in [0.25, 0.3) is 16.2 Å². The van der Waals surface area contributed by atoms with Gasteiger partial charge in [-0.25, -0.2) is 4.79 Å². The van der Waals surface area contributed by atoms with Crippen molar-refractivity contribution in [1.82, 2.24) is 0 Å². The lowest BCUT2D eigenvalue weighted by molar-refractivity contribution is -0.142. The molecule has 8 heteroatoms. The Balaban J connectivity index is 1.31. The number of halogens is 1. The molecule has 1 N–H and O–H groups in total. The molecule has 0 spiro atoms. The average Bonchev–Trinajstić information content (AvgIpc) is 3.34. The van der Waals surface area contributed by atoms with Crippen LogP contribution in [0.2, 0.25) is 5.02 Å². The van der Waals surface area contributed by atoms with E-state index in [1.165, 1.54) is 17.4 Å². The molecule has 0 atom stereocenters. The molecule has 1 aromatic heterocycles. The van der Waals surface area contributed by atoms with E-state index in [-0.39, 0.29) is 5.91 Å². The van der Waals surface area contributed by atoms with E-state index >= 15 is 0 Å². The number of rotatable bonds is 6. The van der Waals surface area contributed by atoms with Gasteiger partial charge >= 0.3 is 5.97 Å². The number of hydrogen-bond acceptors (Lipinski definition) is 5. The van der Waals surface area contributed by atoms with E-state index in [0.29, 0.717) is 23.7 Å². The molecule has 1 aliphatic rings. The quantitative estimate of drug-likeness (QED) is 0.425. The number of thiophene rings is 1. The number of benzene rings is 2. The number of hydrogen-bond donors (Lipinski definition) is 1. The summed E-state index contributed by atoms with van der Waals surface area (Å²) in [5.74, 6) is -1.03. The number of carbonyl (C=O) groups is 3. The summed E-state index contributed by atoms with van der Waals surface area (Å²) in [5, 5.41) is 4.19. The molecule has 3 aromatic rings. The Kier molecular flexibility index (Phi) is 6.34. The minimum absolute atomic E-state index is 0.0722. The highest BCUT2D eigenvalue weighted by Gasteiger charge is 2.21. The molecule has 0 radical (unpaired) electrons. The van der Waals surface area contributed by atoms with Crippen molar-refractivity contribution < 1.29 is 19.1 Å². The summed E-state index contributed by atoms with van der Waals surface area (Å²) in [4.78, 5) is 38.5. The van der Waals surface area contributed by atoms with Crippen LogP contribution in [0, 0.1) is 0 Å². The molecule has 1 aliphatic heterocycles. The maximum atomic E-state index is 12.1. The van der Waals surface area contributed by atoms with Gasteiger partial charge in [-0.3, -0.25) is 9.59 Å². The Morgan fingerprint density at radius 3 is 2.81 bits per heavy atom. The van der Waals surface area contributed by atoms with Crippen LogP contribution >= 0.6 is 22.9 Å². The number of anilines is 2. The number of carbonyl (C=O) groups excluding carboxylic acids is 3. The highest BCUT2D eigenvalue weighted by Crippen LogP contribution is 2.35. The molecule has 158 valence electrons. The summed E-state index contributed by atoms with van der Waals surface area (Å²) in [6.45, 7) is 0.250. The summed E-state index contributed by atoms with van der Waals surface area (Å²) < 4.78 is 6.04. The van der Waals surface area contributed by atoms with E-state index in [4.69, 9.17) is 16.3 Å². The lowest BCUT2D eigenvalue weighted by atomic mass is 10.2. The maximum absolute atomic E-state index is 12.1. The largest absolute Gasteiger partial charge is 0.452 e. The van der Waals surface area contributed by atoms with Gasteiger partial charge in [-0.1, -0.05) is 35.9 Å². The fourth-order valence-corrected chi connectivity index (χ4v) is 4.74. The number of fused-ring (bicyclic) bond motifs is 1. The van der Waals surface area contributed by atoms with Crippen LogP contribution in [-0.2, 0) is 19.1 Å². The van der Waals surface area contributed by atoms with Crippen LogP contribution in [-0.4, -0.2) is 30.9 Å². The third kappa shape index (κ3) is 4.95. The lowest BCUT2D eigenvalue weighted by Crippen LogP contribution is -2.24. The summed E-state index contributed by atoms with van der Waals surface area (Å²) in [6.07, 6.45) is 4.20. The Morgan fingerprint density at radius 2 is 2.03 bits per heavy atom. The van der Waals surface area contributed by atoms with E-state index in [2.05, 4.69) is 5.32 Å². The van der Waals surface area contributed by atoms with Crippen molar-refractivity contribution in [2.75, 3.05) is 23.4 Å². The van der Waals surface area contributed by atoms with Crippen molar-refractivity contribution in [3.8, 4) is 0 Å². The second kappa shape index (κ2) is 9.32. The molecule has 1 fully saturated rings. The van der Waals surface area contributed by atoms with E-state index < -0.39 is 18.5 Å². The number of amides is 2. The molecule has 1 saturated heterocycles. The molecule has 6 nitrogen and oxygen atoms in total. The van der Waals surface area contributed by atoms with Gasteiger partial charge in [0.05, 0.1) is 5.02 Å². The van der Waals surface area contributed by atoms with Crippen molar-refractivity contribution in [2.24, 2.45) is 0 Å². The second-order valence-electron chi connectivity index (χ2n) is 6.96. The van der Waals surface area contributed by atoms with Gasteiger partial charge in [-0.05, 0) is 36.8 Å². The van der Waals surface area contributed by atoms with Crippen molar-refractivity contribution in [3.63, 3.8) is 0 Å². The molecule has 0 unspecified atom stereocenters. The second-order valence-corrected chi connectivity index (χ2v) is 8.43. The lowest BCUT2D eigenvalue weighted by Gasteiger charge is -2.16. The summed E-state index contributed by atoms with van der Waals surface area (Å²) in [7, 11) is 0. The van der Waals surface area contributed by atoms with Crippen LogP contribution in [0.3, 0.4) is 0 Å². The van der Waals surface area contributed by atoms with Gasteiger partial charge < -0.3 is 15.0 Å². The van der Waals surface area contributed by atoms with Gasteiger partial charge in [0, 0.05) is 45.4 Å². The fraction of sp³-hybridized carbons (Fsp3) is 0.174. The number of nitrogens with zero attached hydrogens (tertiary/aromatic N) is 1. The van der Waals surface area contributed by atoms with Crippen LogP contribution < -0.4 is 10.2 Å². The number of nitrogens with one attached hydrogen (secondary N) is 1. The minimum Gasteiger partial charge on any atom is -0.452 e. The van der Waals surface area contributed by atoms with E-state index in [0.717, 1.165) is 27.1 Å². The standard InChI is InChI=1S/C23H19ClN2O4S/c24-23-17-7-1-2-8-18(17)31-19(23)10-11-22(29)30-14-20(27)25-15-5-3-6-16(13-15)26-12-4-9-21(26)28/h1-3,5-8,10-11,13H,4,9,12,14H2,(H,25,27)/b11-10+. The zero-order valence-electron chi connectivity index (χ0n) is 16.5. The first-order chi connectivity index (χ1) is 15.0. The van der Waals surface area contributed by atoms with Gasteiger partial charge in [0.2, 0.25) is 5.91 Å².